The summed E-state index contributed by atoms with van der Waals surface area (Å²) in [6.45, 7) is 2.02. The first-order valence-electron chi connectivity index (χ1n) is 7.11. The van der Waals surface area contributed by atoms with Crippen molar-refractivity contribution in [2.24, 2.45) is 5.92 Å². The monoisotopic (exact) mass is 276 g/mol. The molecule has 1 aromatic carbocycles. The Labute approximate surface area is 118 Å². The largest absolute Gasteiger partial charge is 0.478 e. The van der Waals surface area contributed by atoms with E-state index in [1.807, 2.05) is 6.92 Å². The first-order chi connectivity index (χ1) is 9.50. The zero-order valence-corrected chi connectivity index (χ0v) is 11.6. The molecule has 0 spiro atoms. The number of hydrogen-bond donors (Lipinski definition) is 2. The second-order valence-electron chi connectivity index (χ2n) is 5.60. The Morgan fingerprint density at radius 3 is 2.30 bits per heavy atom. The van der Waals surface area contributed by atoms with Gasteiger partial charge in [-0.25, -0.2) is 9.59 Å². The number of carboxylic acids is 2. The molecular formula is C16H20O4. The van der Waals surface area contributed by atoms with Gasteiger partial charge in [-0.05, 0) is 48.4 Å². The minimum absolute atomic E-state index is 0.0840. The lowest BCUT2D eigenvalue weighted by atomic mass is 9.76. The fourth-order valence-corrected chi connectivity index (χ4v) is 3.16. The van der Waals surface area contributed by atoms with Crippen molar-refractivity contribution in [3.8, 4) is 0 Å². The molecule has 4 nitrogen and oxygen atoms in total. The van der Waals surface area contributed by atoms with E-state index in [0.29, 0.717) is 11.5 Å². The summed E-state index contributed by atoms with van der Waals surface area (Å²) in [4.78, 5) is 22.4. The SMILES string of the molecule is CC(c1cc(C(=O)O)ccc1C(=O)O)C1CCCCC1. The average Bonchev–Trinajstić information content (AvgIpc) is 2.46. The van der Waals surface area contributed by atoms with E-state index in [0.717, 1.165) is 12.8 Å². The lowest BCUT2D eigenvalue weighted by Crippen LogP contribution is -2.17. The van der Waals surface area contributed by atoms with Crippen LogP contribution in [0.15, 0.2) is 18.2 Å². The highest BCUT2D eigenvalue weighted by Gasteiger charge is 2.25. The molecule has 0 radical (unpaired) electrons. The highest BCUT2D eigenvalue weighted by atomic mass is 16.4. The Balaban J connectivity index is 2.37. The van der Waals surface area contributed by atoms with E-state index in [2.05, 4.69) is 0 Å². The van der Waals surface area contributed by atoms with Crippen LogP contribution in [0.5, 0.6) is 0 Å². The van der Waals surface area contributed by atoms with Crippen LogP contribution in [0.2, 0.25) is 0 Å². The van der Waals surface area contributed by atoms with E-state index in [1.165, 1.54) is 37.5 Å². The highest BCUT2D eigenvalue weighted by molar-refractivity contribution is 5.93. The van der Waals surface area contributed by atoms with Crippen LogP contribution >= 0.6 is 0 Å². The van der Waals surface area contributed by atoms with Gasteiger partial charge in [0.25, 0.3) is 0 Å². The number of hydrogen-bond acceptors (Lipinski definition) is 2. The molecule has 1 aromatic rings. The van der Waals surface area contributed by atoms with Gasteiger partial charge >= 0.3 is 11.9 Å². The maximum absolute atomic E-state index is 11.3. The minimum Gasteiger partial charge on any atom is -0.478 e. The molecule has 2 N–H and O–H groups in total. The zero-order valence-electron chi connectivity index (χ0n) is 11.6. The Morgan fingerprint density at radius 2 is 1.75 bits per heavy atom. The summed E-state index contributed by atoms with van der Waals surface area (Å²) in [6.07, 6.45) is 5.78. The lowest BCUT2D eigenvalue weighted by Gasteiger charge is -2.29. The van der Waals surface area contributed by atoms with Gasteiger partial charge in [0, 0.05) is 0 Å². The Hall–Kier alpha value is -1.84. The predicted octanol–water partition coefficient (Wildman–Crippen LogP) is 3.77. The van der Waals surface area contributed by atoms with Crippen molar-refractivity contribution in [2.45, 2.75) is 44.9 Å². The maximum atomic E-state index is 11.3. The minimum atomic E-state index is -1.01. The first kappa shape index (κ1) is 14.6. The third kappa shape index (κ3) is 3.00. The summed E-state index contributed by atoms with van der Waals surface area (Å²) < 4.78 is 0. The first-order valence-corrected chi connectivity index (χ1v) is 7.11. The molecular weight excluding hydrogens is 256 g/mol. The molecule has 0 bridgehead atoms. The molecule has 0 amide bonds. The van der Waals surface area contributed by atoms with Crippen LogP contribution in [0, 0.1) is 5.92 Å². The van der Waals surface area contributed by atoms with Crippen LogP contribution in [-0.4, -0.2) is 22.2 Å². The Bertz CT molecular complexity index is 515. The average molecular weight is 276 g/mol. The summed E-state index contributed by atoms with van der Waals surface area (Å²) in [5.74, 6) is -1.47. The number of carboxylic acid groups (broad SMARTS) is 2. The third-order valence-electron chi connectivity index (χ3n) is 4.38. The van der Waals surface area contributed by atoms with Crippen LogP contribution in [0.4, 0.5) is 0 Å². The second kappa shape index (κ2) is 6.07. The van der Waals surface area contributed by atoms with Crippen molar-refractivity contribution < 1.29 is 19.8 Å². The lowest BCUT2D eigenvalue weighted by molar-refractivity contribution is 0.0679. The molecule has 4 heteroatoms. The van der Waals surface area contributed by atoms with Gasteiger partial charge in [-0.15, -0.1) is 0 Å². The van der Waals surface area contributed by atoms with E-state index < -0.39 is 11.9 Å². The Morgan fingerprint density at radius 1 is 1.10 bits per heavy atom. The van der Waals surface area contributed by atoms with E-state index in [4.69, 9.17) is 5.11 Å². The van der Waals surface area contributed by atoms with Crippen molar-refractivity contribution >= 4 is 11.9 Å². The van der Waals surface area contributed by atoms with Crippen molar-refractivity contribution in [3.63, 3.8) is 0 Å². The highest BCUT2D eigenvalue weighted by Crippen LogP contribution is 2.37. The maximum Gasteiger partial charge on any atom is 0.335 e. The van der Waals surface area contributed by atoms with Crippen molar-refractivity contribution in [1.29, 1.82) is 0 Å². The molecule has 0 heterocycles. The van der Waals surface area contributed by atoms with E-state index >= 15 is 0 Å². The van der Waals surface area contributed by atoms with Gasteiger partial charge in [0.2, 0.25) is 0 Å². The van der Waals surface area contributed by atoms with Crippen molar-refractivity contribution in [3.05, 3.63) is 34.9 Å². The van der Waals surface area contributed by atoms with Crippen LogP contribution in [-0.2, 0) is 0 Å². The van der Waals surface area contributed by atoms with Gasteiger partial charge in [0.15, 0.2) is 0 Å². The molecule has 0 saturated heterocycles. The Kier molecular flexibility index (Phi) is 4.42. The quantitative estimate of drug-likeness (QED) is 0.877. The van der Waals surface area contributed by atoms with E-state index in [9.17, 15) is 14.7 Å². The predicted molar refractivity (Wildman–Crippen MR) is 75.4 cm³/mol. The number of rotatable bonds is 4. The van der Waals surface area contributed by atoms with Gasteiger partial charge in [-0.1, -0.05) is 26.2 Å². The summed E-state index contributed by atoms with van der Waals surface area (Å²) >= 11 is 0. The zero-order chi connectivity index (χ0) is 14.7. The van der Waals surface area contributed by atoms with Crippen LogP contribution < -0.4 is 0 Å². The van der Waals surface area contributed by atoms with Crippen molar-refractivity contribution in [1.82, 2.24) is 0 Å². The number of benzene rings is 1. The summed E-state index contributed by atoms with van der Waals surface area (Å²) in [5.41, 5.74) is 1.05. The van der Waals surface area contributed by atoms with Gasteiger partial charge < -0.3 is 10.2 Å². The fourth-order valence-electron chi connectivity index (χ4n) is 3.16. The van der Waals surface area contributed by atoms with Gasteiger partial charge in [0.1, 0.15) is 0 Å². The van der Waals surface area contributed by atoms with Gasteiger partial charge in [-0.3, -0.25) is 0 Å². The fraction of sp³-hybridized carbons (Fsp3) is 0.500. The molecule has 1 fully saturated rings. The van der Waals surface area contributed by atoms with Gasteiger partial charge in [-0.2, -0.15) is 0 Å². The van der Waals surface area contributed by atoms with E-state index in [1.54, 1.807) is 0 Å². The van der Waals surface area contributed by atoms with Crippen LogP contribution in [0.1, 0.15) is 71.2 Å². The molecule has 1 aliphatic carbocycles. The molecule has 2 rings (SSSR count). The summed E-state index contributed by atoms with van der Waals surface area (Å²) in [6, 6.07) is 4.31. The molecule has 0 aromatic heterocycles. The van der Waals surface area contributed by atoms with Crippen LogP contribution in [0.3, 0.4) is 0 Å². The summed E-state index contributed by atoms with van der Waals surface area (Å²) in [5, 5.41) is 18.4. The van der Waals surface area contributed by atoms with E-state index in [-0.39, 0.29) is 17.0 Å². The molecule has 20 heavy (non-hydrogen) atoms. The normalized spacial score (nSPS) is 17.6. The molecule has 1 atom stereocenters. The molecule has 1 unspecified atom stereocenters. The molecule has 1 saturated carbocycles. The molecule has 0 aliphatic heterocycles. The van der Waals surface area contributed by atoms with Crippen LogP contribution in [0.25, 0.3) is 0 Å². The van der Waals surface area contributed by atoms with Gasteiger partial charge in [0.05, 0.1) is 11.1 Å². The third-order valence-corrected chi connectivity index (χ3v) is 4.38. The summed E-state index contributed by atoms with van der Waals surface area (Å²) in [7, 11) is 0. The number of carbonyl (C=O) groups is 2. The topological polar surface area (TPSA) is 74.6 Å². The smallest absolute Gasteiger partial charge is 0.335 e. The van der Waals surface area contributed by atoms with Crippen molar-refractivity contribution in [2.75, 3.05) is 0 Å². The number of aromatic carboxylic acids is 2. The molecule has 1 aliphatic rings. The molecule has 108 valence electrons. The standard InChI is InChI=1S/C16H20O4/c1-10(11-5-3-2-4-6-11)14-9-12(15(17)18)7-8-13(14)16(19)20/h7-11H,2-6H2,1H3,(H,17,18)(H,19,20). The second-order valence-corrected chi connectivity index (χ2v) is 5.60.